The van der Waals surface area contributed by atoms with E-state index in [0.717, 1.165) is 5.56 Å². The molecule has 2 nitrogen and oxygen atoms in total. The maximum atomic E-state index is 13.4. The second-order valence-corrected chi connectivity index (χ2v) is 4.57. The van der Waals surface area contributed by atoms with Crippen LogP contribution in [0.2, 0.25) is 0 Å². The number of aliphatic hydroxyl groups is 1. The molecule has 2 rings (SSSR count). The number of aliphatic hydroxyl groups excluding tert-OH is 1. The van der Waals surface area contributed by atoms with Crippen molar-refractivity contribution in [1.82, 2.24) is 0 Å². The summed E-state index contributed by atoms with van der Waals surface area (Å²) in [6.45, 7) is 2.35. The number of hydrogen-bond acceptors (Lipinski definition) is 2. The van der Waals surface area contributed by atoms with Crippen LogP contribution in [0.3, 0.4) is 0 Å². The maximum absolute atomic E-state index is 13.4. The van der Waals surface area contributed by atoms with Gasteiger partial charge in [-0.3, -0.25) is 0 Å². The van der Waals surface area contributed by atoms with Gasteiger partial charge in [0, 0.05) is 12.0 Å². The third-order valence-corrected chi connectivity index (χ3v) is 3.42. The van der Waals surface area contributed by atoms with Crippen LogP contribution in [0.15, 0.2) is 24.3 Å². The smallest absolute Gasteiger partial charge is 0.273 e. The summed E-state index contributed by atoms with van der Waals surface area (Å²) in [7, 11) is 0. The van der Waals surface area contributed by atoms with E-state index in [9.17, 15) is 13.9 Å². The molecule has 1 heterocycles. The van der Waals surface area contributed by atoms with Crippen molar-refractivity contribution in [3.8, 4) is 0 Å². The van der Waals surface area contributed by atoms with Crippen LogP contribution in [-0.2, 0) is 16.1 Å². The van der Waals surface area contributed by atoms with Crippen LogP contribution in [0.4, 0.5) is 8.78 Å². The van der Waals surface area contributed by atoms with Crippen molar-refractivity contribution in [2.24, 2.45) is 0 Å². The molecule has 0 aliphatic carbocycles. The van der Waals surface area contributed by atoms with Gasteiger partial charge in [0.25, 0.3) is 5.92 Å². The molecule has 0 bridgehead atoms. The van der Waals surface area contributed by atoms with E-state index in [2.05, 4.69) is 0 Å². The molecule has 0 unspecified atom stereocenters. The molecule has 1 aromatic rings. The molecule has 0 atom stereocenters. The minimum Gasteiger partial charge on any atom is -0.395 e. The predicted octanol–water partition coefficient (Wildman–Crippen LogP) is 2.45. The van der Waals surface area contributed by atoms with Crippen molar-refractivity contribution in [3.63, 3.8) is 0 Å². The molecule has 1 aromatic carbocycles. The fraction of sp³-hybridized carbons (Fsp3) is 0.538. The van der Waals surface area contributed by atoms with Gasteiger partial charge in [-0.1, -0.05) is 31.2 Å². The predicted molar refractivity (Wildman–Crippen MR) is 60.2 cm³/mol. The number of alkyl halides is 2. The Kier molecular flexibility index (Phi) is 3.19. The van der Waals surface area contributed by atoms with Gasteiger partial charge in [0.2, 0.25) is 0 Å². The van der Waals surface area contributed by atoms with Crippen molar-refractivity contribution >= 4 is 0 Å². The average Bonchev–Trinajstić information content (AvgIpc) is 2.29. The molecule has 4 heteroatoms. The van der Waals surface area contributed by atoms with Crippen molar-refractivity contribution < 1.29 is 18.6 Å². The summed E-state index contributed by atoms with van der Waals surface area (Å²) in [5.41, 5.74) is 0.499. The summed E-state index contributed by atoms with van der Waals surface area (Å²) in [5.74, 6) is -2.78. The van der Waals surface area contributed by atoms with Crippen molar-refractivity contribution in [2.45, 2.75) is 24.7 Å². The van der Waals surface area contributed by atoms with Gasteiger partial charge >= 0.3 is 0 Å². The lowest BCUT2D eigenvalue weighted by Crippen LogP contribution is -2.49. The third-order valence-electron chi connectivity index (χ3n) is 3.42. The molecule has 0 amide bonds. The number of halogens is 2. The number of benzene rings is 1. The van der Waals surface area contributed by atoms with Crippen LogP contribution in [0, 0.1) is 0 Å². The molecule has 1 fully saturated rings. The summed E-state index contributed by atoms with van der Waals surface area (Å²) in [4.78, 5) is 0. The summed E-state index contributed by atoms with van der Waals surface area (Å²) in [6.07, 6.45) is -0.208. The zero-order valence-corrected chi connectivity index (χ0v) is 9.75. The number of ether oxygens (including phenoxy) is 1. The van der Waals surface area contributed by atoms with Gasteiger partial charge in [-0.2, -0.15) is 0 Å². The van der Waals surface area contributed by atoms with E-state index in [0.29, 0.717) is 13.2 Å². The maximum Gasteiger partial charge on any atom is 0.273 e. The molecular weight excluding hydrogens is 226 g/mol. The monoisotopic (exact) mass is 242 g/mol. The van der Waals surface area contributed by atoms with E-state index in [1.54, 1.807) is 12.1 Å². The Morgan fingerprint density at radius 3 is 2.24 bits per heavy atom. The van der Waals surface area contributed by atoms with Gasteiger partial charge in [0.05, 0.1) is 25.2 Å². The van der Waals surface area contributed by atoms with Crippen molar-refractivity contribution in [2.75, 3.05) is 19.8 Å². The van der Waals surface area contributed by atoms with Crippen LogP contribution in [0.1, 0.15) is 24.5 Å². The van der Waals surface area contributed by atoms with Crippen molar-refractivity contribution in [3.05, 3.63) is 35.4 Å². The van der Waals surface area contributed by atoms with Gasteiger partial charge < -0.3 is 9.84 Å². The topological polar surface area (TPSA) is 29.5 Å². The molecular formula is C13H16F2O2. The first-order valence-electron chi connectivity index (χ1n) is 5.71. The molecule has 17 heavy (non-hydrogen) atoms. The van der Waals surface area contributed by atoms with Crippen molar-refractivity contribution in [1.29, 1.82) is 0 Å². The van der Waals surface area contributed by atoms with Crippen LogP contribution in [-0.4, -0.2) is 24.9 Å². The van der Waals surface area contributed by atoms with Gasteiger partial charge in [0.15, 0.2) is 0 Å². The lowest BCUT2D eigenvalue weighted by Gasteiger charge is -2.40. The molecule has 1 aliphatic heterocycles. The first-order valence-corrected chi connectivity index (χ1v) is 5.71. The van der Waals surface area contributed by atoms with Crippen LogP contribution in [0.25, 0.3) is 0 Å². The van der Waals surface area contributed by atoms with E-state index in [1.165, 1.54) is 19.1 Å². The molecule has 0 aromatic heterocycles. The first-order chi connectivity index (χ1) is 8.04. The lowest BCUT2D eigenvalue weighted by molar-refractivity contribution is -0.0842. The minimum absolute atomic E-state index is 0.0173. The quantitative estimate of drug-likeness (QED) is 0.878. The fourth-order valence-electron chi connectivity index (χ4n) is 1.97. The normalized spacial score (nSPS) is 18.8. The Balaban J connectivity index is 2.24. The second kappa shape index (κ2) is 4.35. The Morgan fingerprint density at radius 1 is 1.29 bits per heavy atom. The molecule has 1 N–H and O–H groups in total. The van der Waals surface area contributed by atoms with Gasteiger partial charge in [0.1, 0.15) is 0 Å². The molecule has 94 valence electrons. The first kappa shape index (κ1) is 12.5. The van der Waals surface area contributed by atoms with E-state index in [4.69, 9.17) is 4.74 Å². The highest BCUT2D eigenvalue weighted by Gasteiger charge is 2.40. The van der Waals surface area contributed by atoms with Gasteiger partial charge in [-0.25, -0.2) is 8.78 Å². The van der Waals surface area contributed by atoms with Gasteiger partial charge in [-0.15, -0.1) is 0 Å². The van der Waals surface area contributed by atoms with E-state index >= 15 is 0 Å². The Labute approximate surface area is 99.2 Å². The fourth-order valence-corrected chi connectivity index (χ4v) is 1.97. The van der Waals surface area contributed by atoms with E-state index < -0.39 is 5.92 Å². The highest BCUT2D eigenvalue weighted by molar-refractivity contribution is 5.33. The molecule has 0 saturated carbocycles. The molecule has 1 aliphatic rings. The van der Waals surface area contributed by atoms with Crippen LogP contribution < -0.4 is 0 Å². The Bertz CT molecular complexity index is 377. The molecule has 0 spiro atoms. The van der Waals surface area contributed by atoms with E-state index in [1.807, 2.05) is 0 Å². The summed E-state index contributed by atoms with van der Waals surface area (Å²) in [6, 6.07) is 6.21. The summed E-state index contributed by atoms with van der Waals surface area (Å²) < 4.78 is 31.9. The average molecular weight is 242 g/mol. The van der Waals surface area contributed by atoms with Gasteiger partial charge in [-0.05, 0) is 5.56 Å². The summed E-state index contributed by atoms with van der Waals surface area (Å²) >= 11 is 0. The Morgan fingerprint density at radius 2 is 1.88 bits per heavy atom. The van der Waals surface area contributed by atoms with E-state index in [-0.39, 0.29) is 24.0 Å². The largest absolute Gasteiger partial charge is 0.395 e. The molecule has 1 saturated heterocycles. The third kappa shape index (κ3) is 2.07. The zero-order chi connectivity index (χ0) is 12.5. The number of hydrogen-bond donors (Lipinski definition) is 1. The molecule has 0 radical (unpaired) electrons. The lowest BCUT2D eigenvalue weighted by atomic mass is 9.79. The standard InChI is InChI=1S/C13H16F2O2/c1-2-13(14,15)11-5-3-10(4-6-11)12(7-16)8-17-9-12/h3-6,16H,2,7-9H2,1H3. The summed E-state index contributed by atoms with van der Waals surface area (Å²) in [5, 5.41) is 9.34. The highest BCUT2D eigenvalue weighted by atomic mass is 19.3. The zero-order valence-electron chi connectivity index (χ0n) is 9.75. The number of rotatable bonds is 4. The SMILES string of the molecule is CCC(F)(F)c1ccc(C2(CO)COC2)cc1. The Hall–Kier alpha value is -1.00. The van der Waals surface area contributed by atoms with Crippen LogP contribution >= 0.6 is 0 Å². The highest BCUT2D eigenvalue weighted by Crippen LogP contribution is 2.35. The van der Waals surface area contributed by atoms with Crippen LogP contribution in [0.5, 0.6) is 0 Å². The minimum atomic E-state index is -2.78. The second-order valence-electron chi connectivity index (χ2n) is 4.57.